The van der Waals surface area contributed by atoms with Gasteiger partial charge in [-0.2, -0.15) is 0 Å². The molecule has 12 nitrogen and oxygen atoms in total. The fraction of sp³-hybridized carbons (Fsp3) is 0.688. The van der Waals surface area contributed by atoms with E-state index < -0.39 is 32.1 Å². The lowest BCUT2D eigenvalue weighted by Crippen LogP contribution is -2.33. The number of nitrogens with zero attached hydrogens (tertiary/aromatic N) is 4. The summed E-state index contributed by atoms with van der Waals surface area (Å²) >= 11 is 0. The van der Waals surface area contributed by atoms with E-state index in [2.05, 4.69) is 29.8 Å². The zero-order chi connectivity index (χ0) is 21.3. The summed E-state index contributed by atoms with van der Waals surface area (Å²) in [5, 5.41) is 24.0. The highest BCUT2D eigenvalue weighted by molar-refractivity contribution is 7.51. The molecule has 1 saturated heterocycles. The van der Waals surface area contributed by atoms with Crippen LogP contribution in [-0.2, 0) is 25.3 Å². The summed E-state index contributed by atoms with van der Waals surface area (Å²) in [6, 6.07) is 0.126. The van der Waals surface area contributed by atoms with Crippen molar-refractivity contribution in [3.8, 4) is 0 Å². The highest BCUT2D eigenvalue weighted by atomic mass is 31.2. The summed E-state index contributed by atoms with van der Waals surface area (Å²) in [5.41, 5.74) is 0.957. The molecule has 3 rings (SSSR count). The number of aryl methyl sites for hydroxylation is 1. The van der Waals surface area contributed by atoms with Gasteiger partial charge < -0.3 is 25.2 Å². The van der Waals surface area contributed by atoms with Crippen LogP contribution in [0.15, 0.2) is 6.33 Å². The number of fused-ring (bicyclic) bond motifs is 1. The Balaban J connectivity index is 1.87. The number of hydrogen-bond donors (Lipinski definition) is 4. The van der Waals surface area contributed by atoms with Crippen LogP contribution in [0.2, 0.25) is 0 Å². The Morgan fingerprint density at radius 3 is 2.69 bits per heavy atom. The monoisotopic (exact) mass is 431 g/mol. The second-order valence-electron chi connectivity index (χ2n) is 7.17. The van der Waals surface area contributed by atoms with Gasteiger partial charge in [-0.3, -0.25) is 9.13 Å². The van der Waals surface area contributed by atoms with Gasteiger partial charge in [0.2, 0.25) is 0 Å². The predicted molar refractivity (Wildman–Crippen MR) is 102 cm³/mol. The molecular weight excluding hydrogens is 405 g/mol. The minimum Gasteiger partial charge on any atom is -0.387 e. The number of rotatable bonds is 8. The lowest BCUT2D eigenvalue weighted by atomic mass is 10.1. The third kappa shape index (κ3) is 4.92. The Morgan fingerprint density at radius 1 is 1.34 bits per heavy atom. The van der Waals surface area contributed by atoms with Gasteiger partial charge in [-0.05, 0) is 13.8 Å². The second-order valence-corrected chi connectivity index (χ2v) is 8.93. The maximum atomic E-state index is 11.1. The molecule has 2 aromatic heterocycles. The minimum atomic E-state index is -3.84. The molecule has 29 heavy (non-hydrogen) atoms. The van der Waals surface area contributed by atoms with E-state index in [1.807, 2.05) is 20.8 Å². The second kappa shape index (κ2) is 8.60. The molecule has 1 aliphatic heterocycles. The number of ether oxygens (including phenoxy) is 1. The number of aromatic nitrogens is 4. The van der Waals surface area contributed by atoms with Crippen LogP contribution in [0.4, 0.5) is 5.82 Å². The molecule has 0 aromatic carbocycles. The van der Waals surface area contributed by atoms with Crippen molar-refractivity contribution in [1.29, 1.82) is 0 Å². The summed E-state index contributed by atoms with van der Waals surface area (Å²) in [4.78, 5) is 27.1. The van der Waals surface area contributed by atoms with Gasteiger partial charge in [0.1, 0.15) is 30.7 Å². The molecule has 1 fully saturated rings. The minimum absolute atomic E-state index is 0.126. The van der Waals surface area contributed by atoms with Gasteiger partial charge in [-0.15, -0.1) is 4.67 Å². The van der Waals surface area contributed by atoms with Crippen molar-refractivity contribution in [2.45, 2.75) is 57.8 Å². The summed E-state index contributed by atoms with van der Waals surface area (Å²) in [6.07, 6.45) is -2.53. The van der Waals surface area contributed by atoms with E-state index >= 15 is 0 Å². The maximum absolute atomic E-state index is 11.1. The topological polar surface area (TPSA) is 161 Å². The van der Waals surface area contributed by atoms with Gasteiger partial charge >= 0.3 is 7.60 Å². The number of aliphatic hydroxyl groups is 2. The molecule has 0 bridgehead atoms. The maximum Gasteiger partial charge on any atom is 0.352 e. The van der Waals surface area contributed by atoms with Gasteiger partial charge in [0, 0.05) is 19.1 Å². The van der Waals surface area contributed by atoms with Gasteiger partial charge in [-0.25, -0.2) is 19.8 Å². The van der Waals surface area contributed by atoms with Crippen LogP contribution in [-0.4, -0.2) is 72.3 Å². The zero-order valence-corrected chi connectivity index (χ0v) is 17.5. The highest BCUT2D eigenvalue weighted by Gasteiger charge is 2.45. The standard InChI is InChI=1S/C16H26N5O7P/c1-5-10-19-14(18-8(2)3)11-15(20-10)21(7-17-11)16-13(23)12(22)9(27-16)6-26-28-29(4,24)25/h7-9,12-13,16,22-23H,5-6H2,1-4H3,(H,24,25)(H,18,19,20)/t9-,12-,13-,16-/m1/s1. The Hall–Kier alpha value is -1.66. The summed E-state index contributed by atoms with van der Waals surface area (Å²) in [6.45, 7) is 6.49. The van der Waals surface area contributed by atoms with E-state index in [1.54, 1.807) is 0 Å². The van der Waals surface area contributed by atoms with Gasteiger partial charge in [-0.1, -0.05) is 6.92 Å². The average molecular weight is 431 g/mol. The van der Waals surface area contributed by atoms with E-state index in [0.29, 0.717) is 29.2 Å². The Bertz CT molecular complexity index is 901. The third-order valence-electron chi connectivity index (χ3n) is 4.24. The van der Waals surface area contributed by atoms with Crippen molar-refractivity contribution in [1.82, 2.24) is 19.5 Å². The van der Waals surface area contributed by atoms with E-state index in [9.17, 15) is 14.8 Å². The normalized spacial score (nSPS) is 26.9. The third-order valence-corrected chi connectivity index (χ3v) is 4.63. The molecule has 1 unspecified atom stereocenters. The van der Waals surface area contributed by atoms with E-state index in [1.165, 1.54) is 10.9 Å². The lowest BCUT2D eigenvalue weighted by Gasteiger charge is -2.17. The molecular formula is C16H26N5O7P. The first-order valence-electron chi connectivity index (χ1n) is 9.23. The van der Waals surface area contributed by atoms with Crippen LogP contribution in [0.3, 0.4) is 0 Å². The van der Waals surface area contributed by atoms with E-state index in [4.69, 9.17) is 9.63 Å². The fourth-order valence-electron chi connectivity index (χ4n) is 2.97. The van der Waals surface area contributed by atoms with Crippen molar-refractivity contribution < 1.29 is 34.0 Å². The van der Waals surface area contributed by atoms with Crippen molar-refractivity contribution in [3.05, 3.63) is 12.2 Å². The molecule has 2 aromatic rings. The molecule has 0 amide bonds. The van der Waals surface area contributed by atoms with Crippen LogP contribution in [0.1, 0.15) is 32.8 Å². The summed E-state index contributed by atoms with van der Waals surface area (Å²) in [5.74, 6) is 1.16. The van der Waals surface area contributed by atoms with Crippen LogP contribution in [0.25, 0.3) is 11.2 Å². The van der Waals surface area contributed by atoms with Crippen molar-refractivity contribution in [2.24, 2.45) is 0 Å². The molecule has 0 radical (unpaired) electrons. The molecule has 162 valence electrons. The Labute approximate surface area is 167 Å². The Morgan fingerprint density at radius 2 is 2.07 bits per heavy atom. The largest absolute Gasteiger partial charge is 0.387 e. The Kier molecular flexibility index (Phi) is 6.54. The number of aliphatic hydroxyl groups excluding tert-OH is 2. The number of hydrogen-bond acceptors (Lipinski definition) is 10. The van der Waals surface area contributed by atoms with Crippen LogP contribution >= 0.6 is 7.60 Å². The number of imidazole rings is 1. The first-order chi connectivity index (χ1) is 13.6. The van der Waals surface area contributed by atoms with Crippen LogP contribution < -0.4 is 5.32 Å². The number of anilines is 1. The number of nitrogens with one attached hydrogen (secondary N) is 1. The van der Waals surface area contributed by atoms with E-state index in [0.717, 1.165) is 6.66 Å². The molecule has 4 N–H and O–H groups in total. The smallest absolute Gasteiger partial charge is 0.352 e. The zero-order valence-electron chi connectivity index (χ0n) is 16.6. The van der Waals surface area contributed by atoms with E-state index in [-0.39, 0.29) is 12.6 Å². The quantitative estimate of drug-likeness (QED) is 0.263. The lowest BCUT2D eigenvalue weighted by molar-refractivity contribution is -0.238. The first-order valence-corrected chi connectivity index (χ1v) is 11.3. The predicted octanol–water partition coefficient (Wildman–Crippen LogP) is 0.592. The molecule has 3 heterocycles. The first kappa shape index (κ1) is 22.0. The summed E-state index contributed by atoms with van der Waals surface area (Å²) < 4.78 is 22.7. The molecule has 5 atom stereocenters. The van der Waals surface area contributed by atoms with Gasteiger partial charge in [0.15, 0.2) is 23.2 Å². The van der Waals surface area contributed by atoms with Gasteiger partial charge in [0.25, 0.3) is 0 Å². The molecule has 13 heteroatoms. The fourth-order valence-corrected chi connectivity index (χ4v) is 3.23. The van der Waals surface area contributed by atoms with Crippen molar-refractivity contribution in [2.75, 3.05) is 18.6 Å². The molecule has 0 saturated carbocycles. The average Bonchev–Trinajstić information content (AvgIpc) is 3.16. The molecule has 0 aliphatic carbocycles. The van der Waals surface area contributed by atoms with Crippen LogP contribution in [0, 0.1) is 0 Å². The summed E-state index contributed by atoms with van der Waals surface area (Å²) in [7, 11) is -3.84. The van der Waals surface area contributed by atoms with Crippen LogP contribution in [0.5, 0.6) is 0 Å². The SMILES string of the molecule is CCc1nc(NC(C)C)c2ncn([C@@H]3O[C@H](COOP(C)(=O)O)[C@@H](O)[C@H]3O)c2n1. The van der Waals surface area contributed by atoms with Gasteiger partial charge in [0.05, 0.1) is 6.33 Å². The molecule has 0 spiro atoms. The van der Waals surface area contributed by atoms with Crippen molar-refractivity contribution in [3.63, 3.8) is 0 Å². The van der Waals surface area contributed by atoms with Crippen molar-refractivity contribution >= 4 is 24.6 Å². The molecule has 1 aliphatic rings. The highest BCUT2D eigenvalue weighted by Crippen LogP contribution is 2.38.